The molecule has 3 heteroatoms. The highest BCUT2D eigenvalue weighted by Gasteiger charge is 1.95. The molecule has 0 N–H and O–H groups in total. The van der Waals surface area contributed by atoms with Crippen LogP contribution in [0.25, 0.3) is 0 Å². The molecule has 1 aromatic rings. The molecule has 1 aromatic carbocycles. The van der Waals surface area contributed by atoms with E-state index in [4.69, 9.17) is 4.74 Å². The normalized spacial score (nSPS) is 10.8. The zero-order chi connectivity index (χ0) is 8.81. The number of para-hydroxylation sites is 1. The maximum Gasteiger partial charge on any atom is 0.122 e. The van der Waals surface area contributed by atoms with Crippen LogP contribution in [-0.4, -0.2) is 12.8 Å². The van der Waals surface area contributed by atoms with Crippen molar-refractivity contribution in [3.05, 3.63) is 29.8 Å². The number of hydrogen-bond acceptors (Lipinski definition) is 1. The number of hydrogen-bond donors (Lipinski definition) is 0. The lowest BCUT2D eigenvalue weighted by molar-refractivity contribution is 0.341. The molecule has 0 aliphatic heterocycles. The summed E-state index contributed by atoms with van der Waals surface area (Å²) in [7, 11) is 0.794. The first-order chi connectivity index (χ1) is 5.84. The first-order valence-corrected chi connectivity index (χ1v) is 7.33. The van der Waals surface area contributed by atoms with Crippen molar-refractivity contribution < 1.29 is 4.74 Å². The fraction of sp³-hybridized carbons (Fsp3) is 0.333. The minimum atomic E-state index is 0.794. The van der Waals surface area contributed by atoms with Gasteiger partial charge in [-0.1, -0.05) is 33.7 Å². The third-order valence-corrected chi connectivity index (χ3v) is 3.13. The van der Waals surface area contributed by atoms with Crippen LogP contribution in [-0.2, 0) is 0 Å². The van der Waals surface area contributed by atoms with Crippen molar-refractivity contribution in [1.29, 1.82) is 0 Å². The summed E-state index contributed by atoms with van der Waals surface area (Å²) in [6, 6.07) is 8.09. The Morgan fingerprint density at radius 3 is 2.83 bits per heavy atom. The maximum atomic E-state index is 5.55. The molecule has 0 spiro atoms. The fourth-order valence-electron chi connectivity index (χ4n) is 0.918. The van der Waals surface area contributed by atoms with Gasteiger partial charge in [-0.3, -0.25) is 0 Å². The van der Waals surface area contributed by atoms with E-state index in [1.54, 1.807) is 0 Å². The zero-order valence-corrected chi connectivity index (χ0v) is 9.60. The first kappa shape index (κ1) is 10.0. The van der Waals surface area contributed by atoms with Crippen molar-refractivity contribution in [1.82, 2.24) is 0 Å². The molecule has 1 unspecified atom stereocenters. The van der Waals surface area contributed by atoms with Crippen LogP contribution in [0.4, 0.5) is 0 Å². The van der Waals surface area contributed by atoms with E-state index in [0.29, 0.717) is 0 Å². The van der Waals surface area contributed by atoms with Gasteiger partial charge in [0.15, 0.2) is 0 Å². The molecule has 0 saturated heterocycles. The highest BCUT2D eigenvalue weighted by Crippen LogP contribution is 2.20. The summed E-state index contributed by atoms with van der Waals surface area (Å²) in [6.45, 7) is 2.86. The number of rotatable bonds is 4. The summed E-state index contributed by atoms with van der Waals surface area (Å²) in [6.07, 6.45) is 1.08. The lowest BCUT2D eigenvalue weighted by Crippen LogP contribution is -1.99. The van der Waals surface area contributed by atoms with Gasteiger partial charge in [-0.25, -0.2) is 0 Å². The molecule has 0 aromatic heterocycles. The molecule has 0 fully saturated rings. The van der Waals surface area contributed by atoms with Crippen LogP contribution in [0.3, 0.4) is 0 Å². The quantitative estimate of drug-likeness (QED) is 0.585. The van der Waals surface area contributed by atoms with Crippen LogP contribution in [0.2, 0.25) is 0 Å². The van der Waals surface area contributed by atoms with Gasteiger partial charge in [0.1, 0.15) is 5.75 Å². The van der Waals surface area contributed by atoms with Gasteiger partial charge in [-0.15, -0.1) is 0 Å². The van der Waals surface area contributed by atoms with Crippen LogP contribution in [0.5, 0.6) is 5.75 Å². The van der Waals surface area contributed by atoms with Gasteiger partial charge in [0.05, 0.1) is 6.61 Å². The van der Waals surface area contributed by atoms with Crippen molar-refractivity contribution in [2.45, 2.75) is 6.92 Å². The predicted octanol–water partition coefficient (Wildman–Crippen LogP) is 3.36. The third kappa shape index (κ3) is 3.12. The van der Waals surface area contributed by atoms with E-state index in [2.05, 4.69) is 28.5 Å². The van der Waals surface area contributed by atoms with Crippen LogP contribution in [0.15, 0.2) is 24.3 Å². The Labute approximate surface area is 83.0 Å². The Bertz CT molecular complexity index is 240. The van der Waals surface area contributed by atoms with Crippen LogP contribution < -0.4 is 4.74 Å². The number of halogens is 1. The van der Waals surface area contributed by atoms with Gasteiger partial charge < -0.3 is 4.74 Å². The van der Waals surface area contributed by atoms with Gasteiger partial charge in [0, 0.05) is 6.16 Å². The molecule has 0 aliphatic rings. The molecule has 1 nitrogen and oxygen atoms in total. The summed E-state index contributed by atoms with van der Waals surface area (Å²) in [5.41, 5.74) is 1.20. The molecule has 66 valence electrons. The van der Waals surface area contributed by atoms with E-state index in [9.17, 15) is 0 Å². The SMILES string of the molecule is Cc1ccccc1OCCPBr. The van der Waals surface area contributed by atoms with E-state index in [1.807, 2.05) is 18.2 Å². The van der Waals surface area contributed by atoms with E-state index < -0.39 is 0 Å². The Morgan fingerprint density at radius 1 is 1.42 bits per heavy atom. The minimum absolute atomic E-state index is 0.794. The molecule has 0 radical (unpaired) electrons. The maximum absolute atomic E-state index is 5.55. The molecule has 0 amide bonds. The molecule has 1 rings (SSSR count). The van der Waals surface area contributed by atoms with Gasteiger partial charge >= 0.3 is 0 Å². The van der Waals surface area contributed by atoms with Crippen molar-refractivity contribution in [3.63, 3.8) is 0 Å². The summed E-state index contributed by atoms with van der Waals surface area (Å²) in [5.74, 6) is 1.00. The van der Waals surface area contributed by atoms with Crippen LogP contribution in [0, 0.1) is 6.92 Å². The van der Waals surface area contributed by atoms with Gasteiger partial charge in [-0.05, 0) is 25.8 Å². The van der Waals surface area contributed by atoms with Crippen molar-refractivity contribution in [3.8, 4) is 5.75 Å². The Hall–Kier alpha value is -0.0700. The highest BCUT2D eigenvalue weighted by molar-refractivity contribution is 9.36. The second-order valence-corrected chi connectivity index (χ2v) is 4.95. The minimum Gasteiger partial charge on any atom is -0.493 e. The van der Waals surface area contributed by atoms with Crippen LogP contribution in [0.1, 0.15) is 5.56 Å². The third-order valence-electron chi connectivity index (χ3n) is 1.55. The number of ether oxygens (including phenoxy) is 1. The van der Waals surface area contributed by atoms with E-state index in [-0.39, 0.29) is 0 Å². The summed E-state index contributed by atoms with van der Waals surface area (Å²) in [5, 5.41) is 0. The molecular weight excluding hydrogens is 235 g/mol. The number of benzene rings is 1. The average molecular weight is 247 g/mol. The Balaban J connectivity index is 2.46. The molecule has 0 saturated carbocycles. The Morgan fingerprint density at radius 2 is 2.17 bits per heavy atom. The summed E-state index contributed by atoms with van der Waals surface area (Å²) < 4.78 is 5.55. The standard InChI is InChI=1S/C9H12BrOP/c1-8-4-2-3-5-9(8)11-6-7-12-10/h2-5,12H,6-7H2,1H3. The van der Waals surface area contributed by atoms with Crippen LogP contribution >= 0.6 is 22.8 Å². The largest absolute Gasteiger partial charge is 0.493 e. The molecule has 0 aliphatic carbocycles. The van der Waals surface area contributed by atoms with Gasteiger partial charge in [0.25, 0.3) is 0 Å². The summed E-state index contributed by atoms with van der Waals surface area (Å²) >= 11 is 3.39. The van der Waals surface area contributed by atoms with E-state index in [0.717, 1.165) is 25.8 Å². The zero-order valence-electron chi connectivity index (χ0n) is 7.01. The molecular formula is C9H12BrOP. The van der Waals surface area contributed by atoms with Crippen molar-refractivity contribution in [2.24, 2.45) is 0 Å². The lowest BCUT2D eigenvalue weighted by Gasteiger charge is -2.06. The Kier molecular flexibility index (Phi) is 4.63. The van der Waals surface area contributed by atoms with Gasteiger partial charge in [-0.2, -0.15) is 0 Å². The van der Waals surface area contributed by atoms with E-state index >= 15 is 0 Å². The summed E-state index contributed by atoms with van der Waals surface area (Å²) in [4.78, 5) is 0. The lowest BCUT2D eigenvalue weighted by atomic mass is 10.2. The molecule has 0 bridgehead atoms. The molecule has 1 atom stereocenters. The van der Waals surface area contributed by atoms with Crippen molar-refractivity contribution in [2.75, 3.05) is 12.8 Å². The average Bonchev–Trinajstić information content (AvgIpc) is 2.09. The van der Waals surface area contributed by atoms with Crippen molar-refractivity contribution >= 4 is 22.8 Å². The number of aryl methyl sites for hydroxylation is 1. The first-order valence-electron chi connectivity index (χ1n) is 3.86. The fourth-order valence-corrected chi connectivity index (χ4v) is 1.58. The predicted molar refractivity (Wildman–Crippen MR) is 58.8 cm³/mol. The van der Waals surface area contributed by atoms with E-state index in [1.165, 1.54) is 5.56 Å². The highest BCUT2D eigenvalue weighted by atomic mass is 79.9. The molecule has 12 heavy (non-hydrogen) atoms. The smallest absolute Gasteiger partial charge is 0.122 e. The second kappa shape index (κ2) is 5.55. The molecule has 0 heterocycles. The topological polar surface area (TPSA) is 9.23 Å². The monoisotopic (exact) mass is 246 g/mol. The second-order valence-electron chi connectivity index (χ2n) is 2.50. The van der Waals surface area contributed by atoms with Gasteiger partial charge in [0.2, 0.25) is 0 Å².